The summed E-state index contributed by atoms with van der Waals surface area (Å²) in [5.41, 5.74) is 0. The number of halogens is 1. The molecule has 0 bridgehead atoms. The molecule has 0 fully saturated rings. The van der Waals surface area contributed by atoms with Gasteiger partial charge in [-0.05, 0) is 6.92 Å². The van der Waals surface area contributed by atoms with Crippen LogP contribution in [0.3, 0.4) is 0 Å². The third kappa shape index (κ3) is 1.68. The van der Waals surface area contributed by atoms with Gasteiger partial charge in [0.05, 0.1) is 3.92 Å². The molecule has 0 radical (unpaired) electrons. The molecule has 4 heteroatoms. The van der Waals surface area contributed by atoms with Gasteiger partial charge in [0.15, 0.2) is 0 Å². The summed E-state index contributed by atoms with van der Waals surface area (Å²) in [5.74, 6) is 0.129. The van der Waals surface area contributed by atoms with E-state index in [9.17, 15) is 4.79 Å². The second-order valence-corrected chi connectivity index (χ2v) is 3.69. The van der Waals surface area contributed by atoms with Crippen molar-refractivity contribution in [2.75, 3.05) is 6.54 Å². The van der Waals surface area contributed by atoms with Gasteiger partial charge < -0.3 is 0 Å². The van der Waals surface area contributed by atoms with E-state index in [2.05, 4.69) is 27.7 Å². The molecule has 0 unspecified atom stereocenters. The Hall–Kier alpha value is -0.130. The highest BCUT2D eigenvalue weighted by Gasteiger charge is 2.18. The minimum Gasteiger partial charge on any atom is -0.273 e. The Labute approximate surface area is 73.6 Å². The molecule has 1 heterocycles. The number of hydrogen-bond donors (Lipinski definition) is 0. The fourth-order valence-electron chi connectivity index (χ4n) is 0.800. The zero-order chi connectivity index (χ0) is 7.56. The number of rotatable bonds is 1. The van der Waals surface area contributed by atoms with Crippen molar-refractivity contribution in [3.8, 4) is 0 Å². The van der Waals surface area contributed by atoms with Crippen LogP contribution in [0.1, 0.15) is 13.3 Å². The van der Waals surface area contributed by atoms with Gasteiger partial charge in [0.2, 0.25) is 5.91 Å². The summed E-state index contributed by atoms with van der Waals surface area (Å²) < 4.78 is 0.285. The number of alkyl halides is 1. The predicted octanol–water partition coefficient (Wildman–Crippen LogP) is 1.03. The first-order chi connectivity index (χ1) is 4.74. The topological polar surface area (TPSA) is 32.7 Å². The lowest BCUT2D eigenvalue weighted by Crippen LogP contribution is -2.32. The largest absolute Gasteiger partial charge is 0.273 e. The monoisotopic (exact) mass is 252 g/mol. The molecule has 0 spiro atoms. The molecule has 0 saturated carbocycles. The highest BCUT2D eigenvalue weighted by atomic mass is 127. The Morgan fingerprint density at radius 3 is 3.20 bits per heavy atom. The molecule has 0 N–H and O–H groups in total. The summed E-state index contributed by atoms with van der Waals surface area (Å²) in [6, 6.07) is 0. The van der Waals surface area contributed by atoms with E-state index in [1.54, 1.807) is 0 Å². The van der Waals surface area contributed by atoms with Crippen LogP contribution in [0.4, 0.5) is 0 Å². The van der Waals surface area contributed by atoms with Gasteiger partial charge in [0, 0.05) is 19.2 Å². The van der Waals surface area contributed by atoms with Crippen molar-refractivity contribution < 1.29 is 4.79 Å². The number of amides is 1. The first kappa shape index (κ1) is 7.97. The number of carbonyl (C=O) groups excluding carboxylic acids is 1. The summed E-state index contributed by atoms with van der Waals surface area (Å²) in [6.07, 6.45) is 2.41. The van der Waals surface area contributed by atoms with Crippen LogP contribution >= 0.6 is 22.6 Å². The quantitative estimate of drug-likeness (QED) is 0.506. The molecule has 1 rings (SSSR count). The molecule has 1 amide bonds. The van der Waals surface area contributed by atoms with Crippen LogP contribution in [-0.4, -0.2) is 27.6 Å². The van der Waals surface area contributed by atoms with E-state index in [-0.39, 0.29) is 9.83 Å². The number of hydrogen-bond acceptors (Lipinski definition) is 2. The molecule has 0 aliphatic carbocycles. The van der Waals surface area contributed by atoms with E-state index in [0.717, 1.165) is 0 Å². The normalized spacial score (nSPS) is 25.6. The minimum absolute atomic E-state index is 0.129. The van der Waals surface area contributed by atoms with Crippen LogP contribution in [0.5, 0.6) is 0 Å². The van der Waals surface area contributed by atoms with E-state index >= 15 is 0 Å². The summed E-state index contributed by atoms with van der Waals surface area (Å²) in [6.45, 7) is 2.60. The molecule has 1 aliphatic heterocycles. The van der Waals surface area contributed by atoms with Crippen LogP contribution < -0.4 is 0 Å². The second-order valence-electron chi connectivity index (χ2n) is 2.09. The summed E-state index contributed by atoms with van der Waals surface area (Å²) in [4.78, 5) is 11.0. The molecular weight excluding hydrogens is 243 g/mol. The van der Waals surface area contributed by atoms with Gasteiger partial charge in [-0.2, -0.15) is 5.10 Å². The lowest BCUT2D eigenvalue weighted by molar-refractivity contribution is -0.131. The maximum absolute atomic E-state index is 11.0. The van der Waals surface area contributed by atoms with Crippen LogP contribution in [0.2, 0.25) is 0 Å². The highest BCUT2D eigenvalue weighted by Crippen LogP contribution is 2.11. The van der Waals surface area contributed by atoms with Crippen molar-refractivity contribution in [3.63, 3.8) is 0 Å². The predicted molar refractivity (Wildman–Crippen MR) is 48.3 cm³/mol. The summed E-state index contributed by atoms with van der Waals surface area (Å²) >= 11 is 2.20. The standard InChI is InChI=1S/C6H9IN2O/c1-2-9-6(10)3-5(7)4-8-9/h4-5H,2-3H2,1H3/t5-/m0/s1. The molecule has 56 valence electrons. The third-order valence-electron chi connectivity index (χ3n) is 1.32. The molecule has 3 nitrogen and oxygen atoms in total. The fraction of sp³-hybridized carbons (Fsp3) is 0.667. The number of carbonyl (C=O) groups is 1. The van der Waals surface area contributed by atoms with Crippen LogP contribution in [0, 0.1) is 0 Å². The van der Waals surface area contributed by atoms with Gasteiger partial charge in [0.25, 0.3) is 0 Å². The van der Waals surface area contributed by atoms with Crippen molar-refractivity contribution in [1.82, 2.24) is 5.01 Å². The van der Waals surface area contributed by atoms with Crippen LogP contribution in [0.25, 0.3) is 0 Å². The van der Waals surface area contributed by atoms with Gasteiger partial charge in [-0.1, -0.05) is 22.6 Å². The Bertz CT molecular complexity index is 169. The first-order valence-corrected chi connectivity index (χ1v) is 4.47. The highest BCUT2D eigenvalue weighted by molar-refractivity contribution is 14.1. The smallest absolute Gasteiger partial charge is 0.244 e. The van der Waals surface area contributed by atoms with Crippen molar-refractivity contribution >= 4 is 34.7 Å². The average molecular weight is 252 g/mol. The zero-order valence-corrected chi connectivity index (χ0v) is 7.91. The summed E-state index contributed by atoms with van der Waals surface area (Å²) in [5, 5.41) is 5.46. The van der Waals surface area contributed by atoms with Crippen LogP contribution in [0.15, 0.2) is 5.10 Å². The molecule has 0 aromatic carbocycles. The molecule has 0 aromatic heterocycles. The van der Waals surface area contributed by atoms with Gasteiger partial charge in [-0.3, -0.25) is 4.79 Å². The molecule has 1 atom stereocenters. The van der Waals surface area contributed by atoms with E-state index in [1.807, 2.05) is 13.1 Å². The Balaban J connectivity index is 2.62. The SMILES string of the molecule is CCN1N=C[C@@H](I)CC1=O. The van der Waals surface area contributed by atoms with Crippen molar-refractivity contribution in [1.29, 1.82) is 0 Å². The summed E-state index contributed by atoms with van der Waals surface area (Å²) in [7, 11) is 0. The lowest BCUT2D eigenvalue weighted by Gasteiger charge is -2.19. The van der Waals surface area contributed by atoms with E-state index in [0.29, 0.717) is 13.0 Å². The first-order valence-electron chi connectivity index (χ1n) is 3.22. The minimum atomic E-state index is 0.129. The molecule has 10 heavy (non-hydrogen) atoms. The molecule has 0 aromatic rings. The maximum Gasteiger partial charge on any atom is 0.244 e. The zero-order valence-electron chi connectivity index (χ0n) is 5.75. The number of nitrogens with zero attached hydrogens (tertiary/aromatic N) is 2. The molecule has 1 aliphatic rings. The van der Waals surface area contributed by atoms with E-state index < -0.39 is 0 Å². The maximum atomic E-state index is 11.0. The van der Waals surface area contributed by atoms with Crippen molar-refractivity contribution in [2.45, 2.75) is 17.3 Å². The fourth-order valence-corrected chi connectivity index (χ4v) is 1.32. The van der Waals surface area contributed by atoms with Gasteiger partial charge in [-0.15, -0.1) is 0 Å². The average Bonchev–Trinajstić information content (AvgIpc) is 1.88. The van der Waals surface area contributed by atoms with Gasteiger partial charge in [0.1, 0.15) is 0 Å². The lowest BCUT2D eigenvalue weighted by atomic mass is 10.3. The molecule has 0 saturated heterocycles. The van der Waals surface area contributed by atoms with E-state index in [4.69, 9.17) is 0 Å². The van der Waals surface area contributed by atoms with Crippen molar-refractivity contribution in [3.05, 3.63) is 0 Å². The van der Waals surface area contributed by atoms with Crippen LogP contribution in [-0.2, 0) is 4.79 Å². The van der Waals surface area contributed by atoms with Crippen molar-refractivity contribution in [2.24, 2.45) is 5.10 Å². The van der Waals surface area contributed by atoms with Gasteiger partial charge in [-0.25, -0.2) is 5.01 Å². The second kappa shape index (κ2) is 3.32. The number of hydrazone groups is 1. The Kier molecular flexibility index (Phi) is 2.64. The third-order valence-corrected chi connectivity index (χ3v) is 2.09. The molecular formula is C6H9IN2O. The van der Waals surface area contributed by atoms with Gasteiger partial charge >= 0.3 is 0 Å². The Morgan fingerprint density at radius 2 is 2.70 bits per heavy atom. The Morgan fingerprint density at radius 1 is 2.00 bits per heavy atom. The van der Waals surface area contributed by atoms with E-state index in [1.165, 1.54) is 5.01 Å².